The minimum atomic E-state index is -3.50. The molecule has 3 aromatic rings. The third kappa shape index (κ3) is 3.61. The summed E-state index contributed by atoms with van der Waals surface area (Å²) in [6.07, 6.45) is 4.93. The predicted octanol–water partition coefficient (Wildman–Crippen LogP) is 2.13. The Hall–Kier alpha value is -3.04. The fraction of sp³-hybridized carbons (Fsp3) is 0.348. The van der Waals surface area contributed by atoms with E-state index < -0.39 is 10.0 Å². The molecule has 0 aliphatic carbocycles. The first-order valence-corrected chi connectivity index (χ1v) is 12.2. The maximum atomic E-state index is 13.1. The van der Waals surface area contributed by atoms with Crippen molar-refractivity contribution in [2.75, 3.05) is 24.5 Å². The lowest BCUT2D eigenvalue weighted by Gasteiger charge is -2.37. The number of sulfonamides is 1. The standard InChI is InChI=1S/C23H25N5O3S/c1-26-22(29)15-20(17-7-11-24-12-8-17)25-23(26)28-14-9-18-16-27(13-10-21(18)28)32(30,31)19-5-3-2-4-6-19/h2-8,11-12,15,18,21H,9-10,13-14,16H2,1H3. The molecule has 0 radical (unpaired) electrons. The van der Waals surface area contributed by atoms with Crippen LogP contribution in [0.25, 0.3) is 11.3 Å². The summed E-state index contributed by atoms with van der Waals surface area (Å²) in [7, 11) is -1.76. The number of benzene rings is 1. The topological polar surface area (TPSA) is 88.4 Å². The molecule has 0 N–H and O–H groups in total. The van der Waals surface area contributed by atoms with Crippen LogP contribution < -0.4 is 10.5 Å². The number of anilines is 1. The summed E-state index contributed by atoms with van der Waals surface area (Å²) >= 11 is 0. The van der Waals surface area contributed by atoms with Gasteiger partial charge in [-0.05, 0) is 43.0 Å². The first-order chi connectivity index (χ1) is 15.4. The Morgan fingerprint density at radius 1 is 1.00 bits per heavy atom. The largest absolute Gasteiger partial charge is 0.339 e. The number of pyridine rings is 1. The van der Waals surface area contributed by atoms with Gasteiger partial charge in [-0.2, -0.15) is 4.31 Å². The van der Waals surface area contributed by atoms with Gasteiger partial charge in [0.1, 0.15) is 0 Å². The monoisotopic (exact) mass is 451 g/mol. The van der Waals surface area contributed by atoms with Crippen LogP contribution in [-0.2, 0) is 17.1 Å². The highest BCUT2D eigenvalue weighted by molar-refractivity contribution is 7.89. The first-order valence-electron chi connectivity index (χ1n) is 10.8. The molecule has 5 rings (SSSR count). The second kappa shape index (κ2) is 8.14. The van der Waals surface area contributed by atoms with Crippen LogP contribution in [-0.4, -0.2) is 52.9 Å². The molecular weight excluding hydrogens is 426 g/mol. The third-order valence-corrected chi connectivity index (χ3v) is 8.40. The van der Waals surface area contributed by atoms with E-state index in [0.29, 0.717) is 36.0 Å². The first kappa shape index (κ1) is 20.8. The summed E-state index contributed by atoms with van der Waals surface area (Å²) < 4.78 is 29.3. The molecule has 0 bridgehead atoms. The lowest BCUT2D eigenvalue weighted by atomic mass is 9.94. The molecule has 2 unspecified atom stereocenters. The van der Waals surface area contributed by atoms with Crippen molar-refractivity contribution in [2.45, 2.75) is 23.8 Å². The van der Waals surface area contributed by atoms with E-state index in [1.54, 1.807) is 58.6 Å². The van der Waals surface area contributed by atoms with Crippen LogP contribution >= 0.6 is 0 Å². The fourth-order valence-electron chi connectivity index (χ4n) is 4.81. The zero-order chi connectivity index (χ0) is 22.3. The quantitative estimate of drug-likeness (QED) is 0.604. The number of rotatable bonds is 4. The van der Waals surface area contributed by atoms with Gasteiger partial charge in [0, 0.05) is 56.7 Å². The molecule has 2 saturated heterocycles. The second-order valence-corrected chi connectivity index (χ2v) is 10.3. The zero-order valence-electron chi connectivity index (χ0n) is 17.8. The number of nitrogens with zero attached hydrogens (tertiary/aromatic N) is 5. The van der Waals surface area contributed by atoms with E-state index in [1.165, 1.54) is 0 Å². The van der Waals surface area contributed by atoms with Crippen LogP contribution in [0, 0.1) is 5.92 Å². The molecule has 1 aromatic carbocycles. The van der Waals surface area contributed by atoms with Gasteiger partial charge in [-0.25, -0.2) is 13.4 Å². The van der Waals surface area contributed by atoms with E-state index in [1.807, 2.05) is 18.2 Å². The maximum Gasteiger partial charge on any atom is 0.255 e. The SMILES string of the molecule is Cn1c(N2CCC3CN(S(=O)(=O)c4ccccc4)CCC32)nc(-c2ccncc2)cc1=O. The van der Waals surface area contributed by atoms with Crippen LogP contribution in [0.2, 0.25) is 0 Å². The number of fused-ring (bicyclic) bond motifs is 1. The number of piperidine rings is 1. The Bertz CT molecular complexity index is 1280. The minimum Gasteiger partial charge on any atom is -0.339 e. The van der Waals surface area contributed by atoms with Gasteiger partial charge in [0.05, 0.1) is 10.6 Å². The maximum absolute atomic E-state index is 13.1. The molecule has 4 heterocycles. The van der Waals surface area contributed by atoms with Crippen molar-refractivity contribution >= 4 is 16.0 Å². The van der Waals surface area contributed by atoms with Crippen LogP contribution in [0.15, 0.2) is 70.6 Å². The normalized spacial score (nSPS) is 21.5. The van der Waals surface area contributed by atoms with Gasteiger partial charge in [-0.15, -0.1) is 0 Å². The van der Waals surface area contributed by atoms with E-state index in [4.69, 9.17) is 4.98 Å². The summed E-state index contributed by atoms with van der Waals surface area (Å²) in [5.74, 6) is 0.833. The van der Waals surface area contributed by atoms with Crippen molar-refractivity contribution in [1.29, 1.82) is 0 Å². The van der Waals surface area contributed by atoms with Gasteiger partial charge < -0.3 is 4.90 Å². The summed E-state index contributed by atoms with van der Waals surface area (Å²) in [5, 5.41) is 0. The van der Waals surface area contributed by atoms with Crippen LogP contribution in [0.1, 0.15) is 12.8 Å². The van der Waals surface area contributed by atoms with Gasteiger partial charge in [-0.3, -0.25) is 14.3 Å². The lowest BCUT2D eigenvalue weighted by molar-refractivity contribution is 0.255. The van der Waals surface area contributed by atoms with Crippen molar-refractivity contribution in [3.05, 3.63) is 71.3 Å². The molecule has 2 fully saturated rings. The third-order valence-electron chi connectivity index (χ3n) is 6.52. The van der Waals surface area contributed by atoms with Gasteiger partial charge in [0.15, 0.2) is 0 Å². The Kier molecular flexibility index (Phi) is 5.30. The molecule has 0 amide bonds. The molecule has 0 saturated carbocycles. The second-order valence-electron chi connectivity index (χ2n) is 8.35. The van der Waals surface area contributed by atoms with Gasteiger partial charge in [-0.1, -0.05) is 18.2 Å². The molecule has 2 atom stereocenters. The number of aromatic nitrogens is 3. The van der Waals surface area contributed by atoms with E-state index in [0.717, 1.165) is 18.5 Å². The molecule has 2 aliphatic heterocycles. The van der Waals surface area contributed by atoms with Crippen LogP contribution in [0.3, 0.4) is 0 Å². The van der Waals surface area contributed by atoms with Crippen LogP contribution in [0.5, 0.6) is 0 Å². The fourth-order valence-corrected chi connectivity index (χ4v) is 6.35. The number of hydrogen-bond acceptors (Lipinski definition) is 6. The van der Waals surface area contributed by atoms with Crippen molar-refractivity contribution in [1.82, 2.24) is 18.8 Å². The predicted molar refractivity (Wildman–Crippen MR) is 122 cm³/mol. The molecule has 0 spiro atoms. The average molecular weight is 452 g/mol. The molecule has 2 aromatic heterocycles. The number of hydrogen-bond donors (Lipinski definition) is 0. The van der Waals surface area contributed by atoms with E-state index in [9.17, 15) is 13.2 Å². The van der Waals surface area contributed by atoms with Crippen LogP contribution in [0.4, 0.5) is 5.95 Å². The zero-order valence-corrected chi connectivity index (χ0v) is 18.6. The Morgan fingerprint density at radius 3 is 2.50 bits per heavy atom. The molecule has 32 heavy (non-hydrogen) atoms. The van der Waals surface area contributed by atoms with Gasteiger partial charge >= 0.3 is 0 Å². The summed E-state index contributed by atoms with van der Waals surface area (Å²) in [6.45, 7) is 1.68. The van der Waals surface area contributed by atoms with Gasteiger partial charge in [0.2, 0.25) is 16.0 Å². The summed E-state index contributed by atoms with van der Waals surface area (Å²) in [6, 6.07) is 14.0. The van der Waals surface area contributed by atoms with Crippen molar-refractivity contribution in [3.8, 4) is 11.3 Å². The summed E-state index contributed by atoms with van der Waals surface area (Å²) in [5.41, 5.74) is 1.35. The molecule has 9 heteroatoms. The average Bonchev–Trinajstić information content (AvgIpc) is 3.25. The Labute approximate surface area is 187 Å². The molecule has 2 aliphatic rings. The lowest BCUT2D eigenvalue weighted by Crippen LogP contribution is -2.49. The van der Waals surface area contributed by atoms with E-state index in [-0.39, 0.29) is 17.5 Å². The van der Waals surface area contributed by atoms with Crippen molar-refractivity contribution in [3.63, 3.8) is 0 Å². The highest BCUT2D eigenvalue weighted by atomic mass is 32.2. The Morgan fingerprint density at radius 2 is 1.75 bits per heavy atom. The summed E-state index contributed by atoms with van der Waals surface area (Å²) in [4.78, 5) is 24.1. The highest BCUT2D eigenvalue weighted by Gasteiger charge is 2.42. The Balaban J connectivity index is 1.41. The smallest absolute Gasteiger partial charge is 0.255 e. The molecular formula is C23H25N5O3S. The minimum absolute atomic E-state index is 0.116. The molecule has 166 valence electrons. The van der Waals surface area contributed by atoms with Gasteiger partial charge in [0.25, 0.3) is 5.56 Å². The molecule has 8 nitrogen and oxygen atoms in total. The highest BCUT2D eigenvalue weighted by Crippen LogP contribution is 2.36. The van der Waals surface area contributed by atoms with E-state index in [2.05, 4.69) is 9.88 Å². The van der Waals surface area contributed by atoms with Crippen molar-refractivity contribution in [2.24, 2.45) is 13.0 Å². The van der Waals surface area contributed by atoms with Crippen molar-refractivity contribution < 1.29 is 8.42 Å². The van der Waals surface area contributed by atoms with E-state index >= 15 is 0 Å².